The maximum atomic E-state index is 13.5. The quantitative estimate of drug-likeness (QED) is 0.590. The lowest BCUT2D eigenvalue weighted by Crippen LogP contribution is -2.14. The molecule has 148 valence electrons. The average Bonchev–Trinajstić information content (AvgIpc) is 2.61. The summed E-state index contributed by atoms with van der Waals surface area (Å²) in [5.41, 5.74) is 3.34. The number of halogens is 2. The summed E-state index contributed by atoms with van der Waals surface area (Å²) in [5, 5.41) is 0. The van der Waals surface area contributed by atoms with Gasteiger partial charge in [-0.3, -0.25) is 0 Å². The van der Waals surface area contributed by atoms with E-state index in [0.717, 1.165) is 22.5 Å². The number of benzene rings is 2. The van der Waals surface area contributed by atoms with Crippen LogP contribution in [0.1, 0.15) is 11.1 Å². The second-order valence-electron chi connectivity index (χ2n) is 6.75. The van der Waals surface area contributed by atoms with Gasteiger partial charge in [0.05, 0.1) is 9.79 Å². The van der Waals surface area contributed by atoms with Crippen LogP contribution < -0.4 is 9.80 Å². The van der Waals surface area contributed by atoms with Gasteiger partial charge in [0.1, 0.15) is 0 Å². The predicted molar refractivity (Wildman–Crippen MR) is 116 cm³/mol. The first kappa shape index (κ1) is 21.9. The number of hydrogen-bond acceptors (Lipinski definition) is 4. The molecule has 2 aromatic rings. The minimum Gasteiger partial charge on any atom is -0.378 e. The zero-order valence-electron chi connectivity index (χ0n) is 16.2. The third kappa shape index (κ3) is 4.89. The van der Waals surface area contributed by atoms with E-state index in [9.17, 15) is 8.42 Å². The Labute approximate surface area is 172 Å². The molecule has 0 spiro atoms. The third-order valence-electron chi connectivity index (χ3n) is 4.43. The van der Waals surface area contributed by atoms with Gasteiger partial charge in [-0.1, -0.05) is 0 Å². The summed E-state index contributed by atoms with van der Waals surface area (Å²) in [6.45, 7) is 0. The molecule has 27 heavy (non-hydrogen) atoms. The van der Waals surface area contributed by atoms with E-state index in [1.165, 1.54) is 0 Å². The number of nitrogens with zero attached hydrogens (tertiary/aromatic N) is 2. The fraction of sp³-hybridized carbons (Fsp3) is 0.400. The van der Waals surface area contributed by atoms with E-state index in [1.807, 2.05) is 62.3 Å². The lowest BCUT2D eigenvalue weighted by Gasteiger charge is -2.19. The Morgan fingerprint density at radius 1 is 0.741 bits per heavy atom. The number of sulfone groups is 1. The summed E-state index contributed by atoms with van der Waals surface area (Å²) >= 11 is 11.9. The minimum atomic E-state index is -3.68. The van der Waals surface area contributed by atoms with Crippen molar-refractivity contribution in [3.8, 4) is 0 Å². The molecule has 0 atom stereocenters. The van der Waals surface area contributed by atoms with Crippen molar-refractivity contribution in [1.29, 1.82) is 0 Å². The molecule has 0 fully saturated rings. The van der Waals surface area contributed by atoms with Crippen LogP contribution in [0.2, 0.25) is 0 Å². The van der Waals surface area contributed by atoms with E-state index in [2.05, 4.69) is 0 Å². The van der Waals surface area contributed by atoms with Crippen molar-refractivity contribution >= 4 is 44.4 Å². The van der Waals surface area contributed by atoms with Crippen LogP contribution >= 0.6 is 23.2 Å². The molecular formula is C20H26Cl2N2O2S. The number of alkyl halides is 2. The molecule has 0 aliphatic rings. The first-order valence-electron chi connectivity index (χ1n) is 8.70. The summed E-state index contributed by atoms with van der Waals surface area (Å²) in [6, 6.07) is 10.8. The Morgan fingerprint density at radius 3 is 1.41 bits per heavy atom. The molecule has 0 saturated carbocycles. The third-order valence-corrected chi connectivity index (χ3v) is 6.76. The van der Waals surface area contributed by atoms with E-state index in [4.69, 9.17) is 23.2 Å². The van der Waals surface area contributed by atoms with Crippen LogP contribution in [-0.4, -0.2) is 48.4 Å². The van der Waals surface area contributed by atoms with Crippen LogP contribution in [-0.2, 0) is 22.7 Å². The van der Waals surface area contributed by atoms with Gasteiger partial charge in [0.2, 0.25) is 9.84 Å². The average molecular weight is 429 g/mol. The number of rotatable bonds is 8. The summed E-state index contributed by atoms with van der Waals surface area (Å²) in [5.74, 6) is 0.709. The Kier molecular flexibility index (Phi) is 7.43. The maximum Gasteiger partial charge on any atom is 0.207 e. The topological polar surface area (TPSA) is 40.6 Å². The van der Waals surface area contributed by atoms with E-state index < -0.39 is 9.84 Å². The fourth-order valence-electron chi connectivity index (χ4n) is 2.93. The molecule has 0 heterocycles. The maximum absolute atomic E-state index is 13.5. The van der Waals surface area contributed by atoms with Crippen LogP contribution in [0.5, 0.6) is 0 Å². The van der Waals surface area contributed by atoms with Crippen LogP contribution in [0.3, 0.4) is 0 Å². The monoisotopic (exact) mass is 428 g/mol. The van der Waals surface area contributed by atoms with Crippen molar-refractivity contribution in [3.05, 3.63) is 47.5 Å². The number of aryl methyl sites for hydroxylation is 2. The molecule has 0 N–H and O–H groups in total. The standard InChI is InChI=1S/C20H26Cl2N2O2S/c1-23(2)17-5-7-19(15(13-17)9-11-21)27(25,26)20-8-6-18(24(3)4)14-16(20)10-12-22/h5-8,13-14H,9-12H2,1-4H3. The highest BCUT2D eigenvalue weighted by Crippen LogP contribution is 2.32. The van der Waals surface area contributed by atoms with Gasteiger partial charge in [-0.05, 0) is 60.4 Å². The van der Waals surface area contributed by atoms with Crippen LogP contribution in [0.4, 0.5) is 11.4 Å². The zero-order valence-corrected chi connectivity index (χ0v) is 18.5. The van der Waals surface area contributed by atoms with Gasteiger partial charge in [-0.15, -0.1) is 23.2 Å². The molecule has 0 amide bonds. The first-order valence-corrected chi connectivity index (χ1v) is 11.2. The van der Waals surface area contributed by atoms with Crippen molar-refractivity contribution in [3.63, 3.8) is 0 Å². The van der Waals surface area contributed by atoms with Crippen molar-refractivity contribution in [1.82, 2.24) is 0 Å². The highest BCUT2D eigenvalue weighted by Gasteiger charge is 2.25. The smallest absolute Gasteiger partial charge is 0.207 e. The van der Waals surface area contributed by atoms with Gasteiger partial charge in [-0.25, -0.2) is 8.42 Å². The molecule has 2 aromatic carbocycles. The lowest BCUT2D eigenvalue weighted by atomic mass is 10.1. The van der Waals surface area contributed by atoms with Crippen molar-refractivity contribution in [2.24, 2.45) is 0 Å². The number of hydrogen-bond donors (Lipinski definition) is 0. The van der Waals surface area contributed by atoms with E-state index in [0.29, 0.717) is 34.4 Å². The highest BCUT2D eigenvalue weighted by atomic mass is 35.5. The van der Waals surface area contributed by atoms with Crippen LogP contribution in [0.15, 0.2) is 46.2 Å². The van der Waals surface area contributed by atoms with Crippen molar-refractivity contribution in [2.45, 2.75) is 22.6 Å². The molecule has 0 radical (unpaired) electrons. The minimum absolute atomic E-state index is 0.308. The molecule has 4 nitrogen and oxygen atoms in total. The van der Waals surface area contributed by atoms with Gasteiger partial charge >= 0.3 is 0 Å². The van der Waals surface area contributed by atoms with E-state index in [1.54, 1.807) is 12.1 Å². The van der Waals surface area contributed by atoms with Gasteiger partial charge in [0, 0.05) is 51.3 Å². The zero-order chi connectivity index (χ0) is 20.2. The molecule has 0 aliphatic carbocycles. The predicted octanol–water partition coefficient (Wildman–Crippen LogP) is 4.21. The first-order chi connectivity index (χ1) is 12.7. The van der Waals surface area contributed by atoms with Crippen LogP contribution in [0, 0.1) is 0 Å². The SMILES string of the molecule is CN(C)c1ccc(S(=O)(=O)c2ccc(N(C)C)cc2CCCl)c(CCCl)c1. The lowest BCUT2D eigenvalue weighted by molar-refractivity contribution is 0.594. The van der Waals surface area contributed by atoms with E-state index >= 15 is 0 Å². The second kappa shape index (κ2) is 9.18. The molecule has 0 aliphatic heterocycles. The summed E-state index contributed by atoms with van der Waals surface area (Å²) in [6.07, 6.45) is 0.969. The largest absolute Gasteiger partial charge is 0.378 e. The molecular weight excluding hydrogens is 403 g/mol. The summed E-state index contributed by atoms with van der Waals surface area (Å²) in [7, 11) is 4.01. The van der Waals surface area contributed by atoms with Gasteiger partial charge in [-0.2, -0.15) is 0 Å². The van der Waals surface area contributed by atoms with Crippen LogP contribution in [0.25, 0.3) is 0 Å². The molecule has 0 aromatic heterocycles. The molecule has 0 bridgehead atoms. The summed E-state index contributed by atoms with van der Waals surface area (Å²) < 4.78 is 26.9. The van der Waals surface area contributed by atoms with Gasteiger partial charge in [0.15, 0.2) is 0 Å². The molecule has 7 heteroatoms. The fourth-order valence-corrected chi connectivity index (χ4v) is 5.08. The van der Waals surface area contributed by atoms with E-state index in [-0.39, 0.29) is 0 Å². The second-order valence-corrected chi connectivity index (χ2v) is 9.40. The van der Waals surface area contributed by atoms with Gasteiger partial charge < -0.3 is 9.80 Å². The Hall–Kier alpha value is -1.43. The normalized spacial score (nSPS) is 11.5. The Bertz CT molecular complexity index is 829. The summed E-state index contributed by atoms with van der Waals surface area (Å²) in [4.78, 5) is 4.50. The Morgan fingerprint density at radius 2 is 1.11 bits per heavy atom. The highest BCUT2D eigenvalue weighted by molar-refractivity contribution is 7.91. The molecule has 2 rings (SSSR count). The van der Waals surface area contributed by atoms with Crippen molar-refractivity contribution in [2.75, 3.05) is 49.8 Å². The molecule has 0 unspecified atom stereocenters. The van der Waals surface area contributed by atoms with Crippen molar-refractivity contribution < 1.29 is 8.42 Å². The molecule has 0 saturated heterocycles. The Balaban J connectivity index is 2.64. The number of anilines is 2. The van der Waals surface area contributed by atoms with Gasteiger partial charge in [0.25, 0.3) is 0 Å².